The van der Waals surface area contributed by atoms with Gasteiger partial charge in [0.2, 0.25) is 5.78 Å². The predicted octanol–water partition coefficient (Wildman–Crippen LogP) is 2.73. The Bertz CT molecular complexity index is 899. The molecule has 1 saturated carbocycles. The van der Waals surface area contributed by atoms with E-state index >= 15 is 0 Å². The maximum atomic E-state index is 13.5. The van der Waals surface area contributed by atoms with Crippen LogP contribution in [-0.2, 0) is 9.53 Å². The van der Waals surface area contributed by atoms with Gasteiger partial charge in [-0.15, -0.1) is 0 Å². The quantitative estimate of drug-likeness (QED) is 0.599. The molecule has 142 valence electrons. The Labute approximate surface area is 156 Å². The minimum Gasteiger partial charge on any atom is -0.456 e. The molecule has 1 N–H and O–H groups in total. The van der Waals surface area contributed by atoms with Gasteiger partial charge in [0.25, 0.3) is 5.91 Å². The van der Waals surface area contributed by atoms with Crippen LogP contribution in [0.3, 0.4) is 0 Å². The highest BCUT2D eigenvalue weighted by Crippen LogP contribution is 2.38. The number of benzene rings is 1. The first kappa shape index (κ1) is 18.8. The average molecular weight is 372 g/mol. The molecule has 0 radical (unpaired) electrons. The minimum atomic E-state index is -0.760. The van der Waals surface area contributed by atoms with Gasteiger partial charge in [-0.25, -0.2) is 4.39 Å². The van der Waals surface area contributed by atoms with Crippen LogP contribution in [0.25, 0.3) is 0 Å². The smallest absolute Gasteiger partial charge is 0.325 e. The van der Waals surface area contributed by atoms with Crippen molar-refractivity contribution >= 4 is 17.7 Å². The number of carbonyl (C=O) groups excluding carboxylic acids is 3. The number of nitrogens with one attached hydrogen (secondary N) is 1. The summed E-state index contributed by atoms with van der Waals surface area (Å²) in [6.45, 7) is 2.99. The summed E-state index contributed by atoms with van der Waals surface area (Å²) in [5.41, 5.74) is 2.28. The second-order valence-electron chi connectivity index (χ2n) is 6.63. The third-order valence-electron chi connectivity index (χ3n) is 4.57. The normalized spacial score (nSPS) is 13.3. The molecule has 0 saturated heterocycles. The van der Waals surface area contributed by atoms with Crippen molar-refractivity contribution in [2.75, 3.05) is 13.2 Å². The van der Waals surface area contributed by atoms with E-state index in [-0.39, 0.29) is 11.3 Å². The zero-order valence-corrected chi connectivity index (χ0v) is 15.3. The Morgan fingerprint density at radius 1 is 1.19 bits per heavy atom. The van der Waals surface area contributed by atoms with E-state index in [2.05, 4.69) is 9.88 Å². The van der Waals surface area contributed by atoms with Gasteiger partial charge in [-0.3, -0.25) is 14.4 Å². The van der Waals surface area contributed by atoms with Crippen molar-refractivity contribution in [3.8, 4) is 0 Å². The lowest BCUT2D eigenvalue weighted by atomic mass is 10.1. The van der Waals surface area contributed by atoms with Gasteiger partial charge in [-0.05, 0) is 44.9 Å². The van der Waals surface area contributed by atoms with Crippen LogP contribution in [0.4, 0.5) is 4.39 Å². The molecule has 0 spiro atoms. The number of esters is 1. The van der Waals surface area contributed by atoms with Crippen LogP contribution in [-0.4, -0.2) is 35.4 Å². The number of aromatic nitrogens is 1. The van der Waals surface area contributed by atoms with Gasteiger partial charge < -0.3 is 14.6 Å². The van der Waals surface area contributed by atoms with Crippen LogP contribution in [0.1, 0.15) is 51.0 Å². The summed E-state index contributed by atoms with van der Waals surface area (Å²) in [6.07, 6.45) is 2.22. The van der Waals surface area contributed by atoms with Crippen molar-refractivity contribution in [1.29, 1.82) is 0 Å². The third kappa shape index (κ3) is 4.24. The summed E-state index contributed by atoms with van der Waals surface area (Å²) in [4.78, 5) is 36.0. The van der Waals surface area contributed by atoms with E-state index in [1.165, 1.54) is 18.2 Å². The monoisotopic (exact) mass is 372 g/mol. The van der Waals surface area contributed by atoms with Gasteiger partial charge in [0.05, 0.1) is 5.56 Å². The number of amides is 1. The summed E-state index contributed by atoms with van der Waals surface area (Å²) in [6, 6.07) is 7.73. The number of Topliss-reactive ketones (excluding diaryl/α,β-unsaturated/α-hetero) is 1. The zero-order chi connectivity index (χ0) is 19.6. The topological polar surface area (TPSA) is 77.4 Å². The van der Waals surface area contributed by atoms with E-state index in [1.54, 1.807) is 0 Å². The molecule has 1 aliphatic rings. The fourth-order valence-electron chi connectivity index (χ4n) is 3.12. The van der Waals surface area contributed by atoms with Crippen molar-refractivity contribution in [1.82, 2.24) is 9.88 Å². The molecule has 7 heteroatoms. The van der Waals surface area contributed by atoms with Crippen LogP contribution in [0, 0.1) is 19.7 Å². The lowest BCUT2D eigenvalue weighted by Crippen LogP contribution is -2.32. The molecule has 0 unspecified atom stereocenters. The summed E-state index contributed by atoms with van der Waals surface area (Å²) < 4.78 is 20.6. The maximum absolute atomic E-state index is 13.5. The molecule has 1 amide bonds. The molecule has 1 heterocycles. The Morgan fingerprint density at radius 3 is 2.56 bits per heavy atom. The van der Waals surface area contributed by atoms with Crippen LogP contribution in [0.5, 0.6) is 0 Å². The number of halogens is 1. The maximum Gasteiger partial charge on any atom is 0.325 e. The van der Waals surface area contributed by atoms with E-state index in [9.17, 15) is 18.8 Å². The second-order valence-corrected chi connectivity index (χ2v) is 6.63. The molecule has 1 aliphatic carbocycles. The summed E-state index contributed by atoms with van der Waals surface area (Å²) >= 11 is 0. The van der Waals surface area contributed by atoms with E-state index in [4.69, 9.17) is 4.74 Å². The van der Waals surface area contributed by atoms with Gasteiger partial charge in [0, 0.05) is 23.0 Å². The summed E-state index contributed by atoms with van der Waals surface area (Å²) in [5.74, 6) is -2.44. The van der Waals surface area contributed by atoms with Crippen molar-refractivity contribution in [3.63, 3.8) is 0 Å². The van der Waals surface area contributed by atoms with Crippen molar-refractivity contribution in [3.05, 3.63) is 58.7 Å². The van der Waals surface area contributed by atoms with E-state index in [0.29, 0.717) is 11.6 Å². The van der Waals surface area contributed by atoms with Crippen molar-refractivity contribution < 1.29 is 23.5 Å². The number of ketones is 1. The molecule has 27 heavy (non-hydrogen) atoms. The molecular weight excluding hydrogens is 351 g/mol. The largest absolute Gasteiger partial charge is 0.456 e. The Morgan fingerprint density at radius 2 is 1.89 bits per heavy atom. The Kier molecular flexibility index (Phi) is 5.39. The average Bonchev–Trinajstić information content (AvgIpc) is 3.42. The summed E-state index contributed by atoms with van der Waals surface area (Å²) in [7, 11) is 0. The van der Waals surface area contributed by atoms with Crippen molar-refractivity contribution in [2.24, 2.45) is 0 Å². The first-order valence-electron chi connectivity index (χ1n) is 8.78. The number of hydrogen-bond donors (Lipinski definition) is 1. The molecule has 1 aromatic heterocycles. The molecule has 0 atom stereocenters. The molecule has 3 rings (SSSR count). The van der Waals surface area contributed by atoms with Crippen LogP contribution >= 0.6 is 0 Å². The van der Waals surface area contributed by atoms with Gasteiger partial charge in [-0.2, -0.15) is 0 Å². The highest BCUT2D eigenvalue weighted by atomic mass is 19.1. The van der Waals surface area contributed by atoms with Gasteiger partial charge in [0.15, 0.2) is 6.61 Å². The van der Waals surface area contributed by atoms with Gasteiger partial charge in [0.1, 0.15) is 12.4 Å². The molecule has 2 aromatic rings. The lowest BCUT2D eigenvalue weighted by Gasteiger charge is -2.08. The number of ether oxygens (including phenoxy) is 1. The highest BCUT2D eigenvalue weighted by molar-refractivity contribution is 6.00. The van der Waals surface area contributed by atoms with Gasteiger partial charge in [-0.1, -0.05) is 12.1 Å². The van der Waals surface area contributed by atoms with Crippen LogP contribution in [0.2, 0.25) is 0 Å². The number of carbonyl (C=O) groups is 3. The molecule has 0 aliphatic heterocycles. The van der Waals surface area contributed by atoms with Gasteiger partial charge >= 0.3 is 5.97 Å². The SMILES string of the molecule is Cc1cc(C(=O)COC(=O)CNC(=O)c2ccccc2F)c(C)n1C1CC1. The van der Waals surface area contributed by atoms with E-state index in [1.807, 2.05) is 19.9 Å². The Hall–Kier alpha value is -2.96. The molecule has 1 aromatic carbocycles. The predicted molar refractivity (Wildman–Crippen MR) is 96.2 cm³/mol. The molecular formula is C20H21FN2O4. The standard InChI is InChI=1S/C20H21FN2O4/c1-12-9-16(13(2)23(12)14-7-8-14)18(24)11-27-19(25)10-22-20(26)15-5-3-4-6-17(15)21/h3-6,9,14H,7-8,10-11H2,1-2H3,(H,22,26). The minimum absolute atomic E-state index is 0.158. The number of rotatable bonds is 7. The number of aryl methyl sites for hydroxylation is 1. The highest BCUT2D eigenvalue weighted by Gasteiger charge is 2.28. The lowest BCUT2D eigenvalue weighted by molar-refractivity contribution is -0.141. The van der Waals surface area contributed by atoms with E-state index in [0.717, 1.165) is 30.3 Å². The first-order chi connectivity index (χ1) is 12.9. The second kappa shape index (κ2) is 7.73. The fourth-order valence-corrected chi connectivity index (χ4v) is 3.12. The van der Waals surface area contributed by atoms with Crippen LogP contribution in [0.15, 0.2) is 30.3 Å². The zero-order valence-electron chi connectivity index (χ0n) is 15.3. The first-order valence-corrected chi connectivity index (χ1v) is 8.78. The molecule has 0 bridgehead atoms. The Balaban J connectivity index is 1.51. The fraction of sp³-hybridized carbons (Fsp3) is 0.350. The van der Waals surface area contributed by atoms with Crippen molar-refractivity contribution in [2.45, 2.75) is 32.7 Å². The third-order valence-corrected chi connectivity index (χ3v) is 4.57. The van der Waals surface area contributed by atoms with E-state index < -0.39 is 30.8 Å². The molecule has 6 nitrogen and oxygen atoms in total. The number of hydrogen-bond acceptors (Lipinski definition) is 4. The summed E-state index contributed by atoms with van der Waals surface area (Å²) in [5, 5.41) is 2.28. The molecule has 1 fully saturated rings. The van der Waals surface area contributed by atoms with Crippen LogP contribution < -0.4 is 5.32 Å². The number of nitrogens with zero attached hydrogens (tertiary/aromatic N) is 1.